The molecule has 1 amide bonds. The monoisotopic (exact) mass is 391 g/mol. The molecule has 1 aliphatic carbocycles. The number of ether oxygens (including phenoxy) is 1. The molecule has 0 aromatic rings. The first kappa shape index (κ1) is 20.0. The maximum atomic E-state index is 12.3. The number of nitrogens with zero attached hydrogens (tertiary/aromatic N) is 3. The minimum Gasteiger partial charge on any atom is -0.481 e. The van der Waals surface area contributed by atoms with E-state index in [1.165, 1.54) is 0 Å². The predicted octanol–water partition coefficient (Wildman–Crippen LogP) is 1.79. The van der Waals surface area contributed by atoms with Crippen LogP contribution in [0.15, 0.2) is 0 Å². The highest BCUT2D eigenvalue weighted by atomic mass is 35.5. The predicted molar refractivity (Wildman–Crippen MR) is 99.0 cm³/mol. The van der Waals surface area contributed by atoms with E-state index in [1.807, 2.05) is 25.7 Å². The van der Waals surface area contributed by atoms with Crippen molar-refractivity contribution in [3.05, 3.63) is 0 Å². The highest BCUT2D eigenvalue weighted by molar-refractivity contribution is 7.80. The fourth-order valence-electron chi connectivity index (χ4n) is 3.36. The molecule has 7 nitrogen and oxygen atoms in total. The molecule has 2 aliphatic heterocycles. The minimum absolute atomic E-state index is 0. The maximum Gasteiger partial charge on any atom is 0.410 e. The molecule has 1 unspecified atom stereocenters. The summed E-state index contributed by atoms with van der Waals surface area (Å²) in [6, 6.07) is 0.114. The zero-order chi connectivity index (χ0) is 17.7. The van der Waals surface area contributed by atoms with Crippen LogP contribution >= 0.6 is 24.6 Å². The Morgan fingerprint density at radius 3 is 2.44 bits per heavy atom. The van der Waals surface area contributed by atoms with Crippen LogP contribution in [0.2, 0.25) is 0 Å². The van der Waals surface area contributed by atoms with E-state index in [0.29, 0.717) is 32.7 Å². The van der Waals surface area contributed by atoms with Gasteiger partial charge in [0.1, 0.15) is 5.60 Å². The number of amides is 1. The molecule has 142 valence electrons. The largest absolute Gasteiger partial charge is 0.481 e. The fraction of sp³-hybridized carbons (Fsp3) is 0.812. The number of aliphatic carboxylic acids is 1. The molecule has 1 saturated carbocycles. The van der Waals surface area contributed by atoms with E-state index in [4.69, 9.17) is 17.0 Å². The number of halogens is 1. The van der Waals surface area contributed by atoms with Crippen molar-refractivity contribution in [2.24, 2.45) is 5.41 Å². The zero-order valence-electron chi connectivity index (χ0n) is 14.9. The molecule has 25 heavy (non-hydrogen) atoms. The van der Waals surface area contributed by atoms with Crippen LogP contribution in [0.1, 0.15) is 33.6 Å². The fourth-order valence-corrected chi connectivity index (χ4v) is 3.74. The number of hydrogen-bond acceptors (Lipinski definition) is 4. The third-order valence-corrected chi connectivity index (χ3v) is 5.38. The number of carboxylic acids is 1. The standard InChI is InChI=1S/C16H25N3O4S.ClH/c1-15(2,3)23-14(22)17-6-7-19-11(8-17)9-18(13(19)24)10-16(4-5-16)12(20)21;/h11H,4-10H2,1-3H3,(H,20,21);1H. The SMILES string of the molecule is CC(C)(C)OC(=O)N1CCN2C(=S)N(CC3(C(=O)O)CC3)CC2C1.Cl. The first-order chi connectivity index (χ1) is 11.1. The molecule has 3 rings (SSSR count). The van der Waals surface area contributed by atoms with Gasteiger partial charge in [0.15, 0.2) is 5.11 Å². The molecular weight excluding hydrogens is 366 g/mol. The van der Waals surface area contributed by atoms with Crippen LogP contribution < -0.4 is 0 Å². The van der Waals surface area contributed by atoms with Crippen molar-refractivity contribution >= 4 is 41.8 Å². The van der Waals surface area contributed by atoms with Gasteiger partial charge in [-0.25, -0.2) is 4.79 Å². The Morgan fingerprint density at radius 2 is 1.92 bits per heavy atom. The Balaban J connectivity index is 0.00000225. The number of hydrogen-bond donors (Lipinski definition) is 1. The molecule has 1 atom stereocenters. The van der Waals surface area contributed by atoms with Gasteiger partial charge < -0.3 is 24.5 Å². The minimum atomic E-state index is -0.731. The van der Waals surface area contributed by atoms with Crippen molar-refractivity contribution in [2.75, 3.05) is 32.7 Å². The summed E-state index contributed by atoms with van der Waals surface area (Å²) < 4.78 is 5.45. The lowest BCUT2D eigenvalue weighted by molar-refractivity contribution is -0.143. The van der Waals surface area contributed by atoms with Gasteiger partial charge >= 0.3 is 12.1 Å². The number of carboxylic acid groups (broad SMARTS) is 1. The van der Waals surface area contributed by atoms with Gasteiger partial charge in [0.2, 0.25) is 0 Å². The van der Waals surface area contributed by atoms with Gasteiger partial charge in [-0.1, -0.05) is 0 Å². The summed E-state index contributed by atoms with van der Waals surface area (Å²) >= 11 is 5.54. The highest BCUT2D eigenvalue weighted by Crippen LogP contribution is 2.47. The van der Waals surface area contributed by atoms with Gasteiger partial charge in [-0.3, -0.25) is 4.79 Å². The van der Waals surface area contributed by atoms with Crippen LogP contribution in [-0.2, 0) is 9.53 Å². The number of rotatable bonds is 3. The zero-order valence-corrected chi connectivity index (χ0v) is 16.5. The van der Waals surface area contributed by atoms with E-state index in [0.717, 1.165) is 18.0 Å². The van der Waals surface area contributed by atoms with Crippen LogP contribution in [0.25, 0.3) is 0 Å². The van der Waals surface area contributed by atoms with E-state index in [-0.39, 0.29) is 24.5 Å². The summed E-state index contributed by atoms with van der Waals surface area (Å²) in [5, 5.41) is 10.1. The summed E-state index contributed by atoms with van der Waals surface area (Å²) in [6.45, 7) is 8.51. The summed E-state index contributed by atoms with van der Waals surface area (Å²) in [6.07, 6.45) is 1.14. The Hall–Kier alpha value is -1.28. The summed E-state index contributed by atoms with van der Waals surface area (Å²) in [5.41, 5.74) is -1.13. The molecular formula is C16H26ClN3O4S. The Morgan fingerprint density at radius 1 is 1.28 bits per heavy atom. The third kappa shape index (κ3) is 4.11. The Kier molecular flexibility index (Phi) is 5.45. The molecule has 0 aromatic heterocycles. The molecule has 2 heterocycles. The van der Waals surface area contributed by atoms with Crippen LogP contribution in [-0.4, -0.2) is 81.3 Å². The van der Waals surface area contributed by atoms with E-state index in [9.17, 15) is 14.7 Å². The summed E-state index contributed by atoms with van der Waals surface area (Å²) in [4.78, 5) is 29.5. The maximum absolute atomic E-state index is 12.3. The van der Waals surface area contributed by atoms with Crippen molar-refractivity contribution in [3.8, 4) is 0 Å². The van der Waals surface area contributed by atoms with Gasteiger partial charge in [0.25, 0.3) is 0 Å². The number of thiocarbonyl (C=S) groups is 1. The second kappa shape index (κ2) is 6.79. The van der Waals surface area contributed by atoms with Crippen molar-refractivity contribution in [1.29, 1.82) is 0 Å². The smallest absolute Gasteiger partial charge is 0.410 e. The van der Waals surface area contributed by atoms with Crippen molar-refractivity contribution in [3.63, 3.8) is 0 Å². The van der Waals surface area contributed by atoms with E-state index < -0.39 is 17.0 Å². The molecule has 3 aliphatic rings. The highest BCUT2D eigenvalue weighted by Gasteiger charge is 2.53. The van der Waals surface area contributed by atoms with Crippen molar-refractivity contribution < 1.29 is 19.4 Å². The second-order valence-corrected chi connectivity index (χ2v) is 8.39. The van der Waals surface area contributed by atoms with Gasteiger partial charge in [0, 0.05) is 32.7 Å². The molecule has 0 radical (unpaired) electrons. The van der Waals surface area contributed by atoms with Crippen molar-refractivity contribution in [2.45, 2.75) is 45.3 Å². The molecule has 3 fully saturated rings. The normalized spacial score (nSPS) is 24.5. The molecule has 0 bridgehead atoms. The average Bonchev–Trinajstić information content (AvgIpc) is 3.18. The van der Waals surface area contributed by atoms with Crippen LogP contribution in [0.4, 0.5) is 4.79 Å². The van der Waals surface area contributed by atoms with Crippen LogP contribution in [0, 0.1) is 5.41 Å². The Labute approximate surface area is 159 Å². The second-order valence-electron chi connectivity index (χ2n) is 8.02. The topological polar surface area (TPSA) is 73.3 Å². The van der Waals surface area contributed by atoms with Gasteiger partial charge in [-0.15, -0.1) is 12.4 Å². The quantitative estimate of drug-likeness (QED) is 0.735. The van der Waals surface area contributed by atoms with Gasteiger partial charge in [-0.05, 0) is 45.8 Å². The summed E-state index contributed by atoms with van der Waals surface area (Å²) in [7, 11) is 0. The lowest BCUT2D eigenvalue weighted by atomic mass is 10.1. The van der Waals surface area contributed by atoms with E-state index in [1.54, 1.807) is 4.90 Å². The first-order valence-corrected chi connectivity index (χ1v) is 8.79. The number of piperazine rings is 1. The average molecular weight is 392 g/mol. The van der Waals surface area contributed by atoms with Crippen LogP contribution in [0.5, 0.6) is 0 Å². The van der Waals surface area contributed by atoms with Gasteiger partial charge in [-0.2, -0.15) is 0 Å². The van der Waals surface area contributed by atoms with Crippen molar-refractivity contribution in [1.82, 2.24) is 14.7 Å². The molecule has 9 heteroatoms. The molecule has 0 aromatic carbocycles. The first-order valence-electron chi connectivity index (χ1n) is 8.38. The number of carbonyl (C=O) groups is 2. The van der Waals surface area contributed by atoms with E-state index in [2.05, 4.69) is 4.90 Å². The molecule has 1 N–H and O–H groups in total. The third-order valence-electron chi connectivity index (χ3n) is 4.88. The molecule has 0 spiro atoms. The Bertz CT molecular complexity index is 576. The number of carbonyl (C=O) groups excluding carboxylic acids is 1. The summed E-state index contributed by atoms with van der Waals surface area (Å²) in [5.74, 6) is -0.731. The lowest BCUT2D eigenvalue weighted by Crippen LogP contribution is -2.54. The molecule has 2 saturated heterocycles. The van der Waals surface area contributed by atoms with E-state index >= 15 is 0 Å². The van der Waals surface area contributed by atoms with Crippen LogP contribution in [0.3, 0.4) is 0 Å². The number of fused-ring (bicyclic) bond motifs is 1. The lowest BCUT2D eigenvalue weighted by Gasteiger charge is -2.37. The van der Waals surface area contributed by atoms with Gasteiger partial charge in [0.05, 0.1) is 11.5 Å².